The highest BCUT2D eigenvalue weighted by Gasteiger charge is 2.42. The summed E-state index contributed by atoms with van der Waals surface area (Å²) < 4.78 is 37.8. The molecule has 1 aromatic rings. The molecule has 0 saturated heterocycles. The molecule has 0 radical (unpaired) electrons. The van der Waals surface area contributed by atoms with Gasteiger partial charge in [0.15, 0.2) is 5.69 Å². The summed E-state index contributed by atoms with van der Waals surface area (Å²) >= 11 is 0. The van der Waals surface area contributed by atoms with Crippen LogP contribution in [0.3, 0.4) is 0 Å². The number of halogens is 3. The maximum absolute atomic E-state index is 12.6. The number of hydrogen-bond donors (Lipinski definition) is 1. The van der Waals surface area contributed by atoms with Gasteiger partial charge in [-0.1, -0.05) is 0 Å². The SMILES string of the molecule is CN1Cc2nc(N)nc(C(F)(F)F)c2C1=O. The number of amides is 1. The molecule has 0 saturated carbocycles. The third-order valence-electron chi connectivity index (χ3n) is 2.22. The first-order chi connectivity index (χ1) is 7.30. The molecule has 0 aromatic carbocycles. The largest absolute Gasteiger partial charge is 0.434 e. The zero-order chi connectivity index (χ0) is 12.1. The number of nitrogens with two attached hydrogens (primary N) is 1. The summed E-state index contributed by atoms with van der Waals surface area (Å²) in [6.45, 7) is 0.0178. The fourth-order valence-corrected chi connectivity index (χ4v) is 1.56. The number of aromatic nitrogens is 2. The zero-order valence-corrected chi connectivity index (χ0v) is 8.17. The quantitative estimate of drug-likeness (QED) is 0.713. The second kappa shape index (κ2) is 3.06. The molecule has 0 fully saturated rings. The fraction of sp³-hybridized carbons (Fsp3) is 0.375. The Morgan fingerprint density at radius 2 is 2.00 bits per heavy atom. The van der Waals surface area contributed by atoms with Crippen molar-refractivity contribution in [3.05, 3.63) is 17.0 Å². The molecule has 0 aliphatic carbocycles. The van der Waals surface area contributed by atoms with Crippen LogP contribution in [-0.4, -0.2) is 27.8 Å². The lowest BCUT2D eigenvalue weighted by molar-refractivity contribution is -0.141. The molecule has 0 unspecified atom stereocenters. The fourth-order valence-electron chi connectivity index (χ4n) is 1.56. The number of anilines is 1. The van der Waals surface area contributed by atoms with Gasteiger partial charge in [-0.3, -0.25) is 4.79 Å². The van der Waals surface area contributed by atoms with E-state index in [1.165, 1.54) is 7.05 Å². The van der Waals surface area contributed by atoms with E-state index in [-0.39, 0.29) is 12.2 Å². The molecule has 1 aromatic heterocycles. The van der Waals surface area contributed by atoms with Crippen LogP contribution in [0.2, 0.25) is 0 Å². The highest BCUT2D eigenvalue weighted by molar-refractivity contribution is 5.98. The Bertz CT molecular complexity index is 471. The molecule has 2 heterocycles. The minimum absolute atomic E-state index is 0.0178. The van der Waals surface area contributed by atoms with E-state index in [1.807, 2.05) is 0 Å². The molecule has 2 rings (SSSR count). The van der Waals surface area contributed by atoms with Crippen LogP contribution in [0.4, 0.5) is 19.1 Å². The highest BCUT2D eigenvalue weighted by Crippen LogP contribution is 2.34. The van der Waals surface area contributed by atoms with Gasteiger partial charge >= 0.3 is 6.18 Å². The topological polar surface area (TPSA) is 72.1 Å². The summed E-state index contributed by atoms with van der Waals surface area (Å²) in [4.78, 5) is 19.3. The number of hydrogen-bond acceptors (Lipinski definition) is 4. The van der Waals surface area contributed by atoms with Crippen molar-refractivity contribution >= 4 is 11.9 Å². The van der Waals surface area contributed by atoms with Crippen molar-refractivity contribution < 1.29 is 18.0 Å². The summed E-state index contributed by atoms with van der Waals surface area (Å²) in [5, 5.41) is 0. The van der Waals surface area contributed by atoms with E-state index < -0.39 is 29.3 Å². The molecule has 0 atom stereocenters. The van der Waals surface area contributed by atoms with E-state index in [4.69, 9.17) is 5.73 Å². The maximum Gasteiger partial charge on any atom is 0.434 e. The van der Waals surface area contributed by atoms with Gasteiger partial charge in [0, 0.05) is 7.05 Å². The van der Waals surface area contributed by atoms with Gasteiger partial charge in [0.1, 0.15) is 0 Å². The summed E-state index contributed by atoms with van der Waals surface area (Å²) in [5.41, 5.74) is 3.43. The van der Waals surface area contributed by atoms with Gasteiger partial charge < -0.3 is 10.6 Å². The monoisotopic (exact) mass is 232 g/mol. The second-order valence-electron chi connectivity index (χ2n) is 3.41. The standard InChI is InChI=1S/C8H7F3N4O/c1-15-2-3-4(6(15)16)5(8(9,10)11)14-7(12)13-3/h2H2,1H3,(H2,12,13,14). The predicted molar refractivity (Wildman–Crippen MR) is 47.2 cm³/mol. The van der Waals surface area contributed by atoms with E-state index in [1.54, 1.807) is 0 Å². The molecule has 86 valence electrons. The lowest BCUT2D eigenvalue weighted by Crippen LogP contribution is -2.21. The lowest BCUT2D eigenvalue weighted by atomic mass is 10.2. The van der Waals surface area contributed by atoms with Crippen LogP contribution in [0.25, 0.3) is 0 Å². The molecule has 0 bridgehead atoms. The van der Waals surface area contributed by atoms with E-state index in [0.29, 0.717) is 0 Å². The first-order valence-electron chi connectivity index (χ1n) is 4.29. The van der Waals surface area contributed by atoms with Crippen molar-refractivity contribution in [3.63, 3.8) is 0 Å². The minimum Gasteiger partial charge on any atom is -0.368 e. The smallest absolute Gasteiger partial charge is 0.368 e. The van der Waals surface area contributed by atoms with Crippen molar-refractivity contribution in [2.75, 3.05) is 12.8 Å². The molecular formula is C8H7F3N4O. The molecule has 5 nitrogen and oxygen atoms in total. The number of nitrogen functional groups attached to an aromatic ring is 1. The summed E-state index contributed by atoms with van der Waals surface area (Å²) in [6.07, 6.45) is -4.71. The van der Waals surface area contributed by atoms with E-state index >= 15 is 0 Å². The summed E-state index contributed by atoms with van der Waals surface area (Å²) in [5.74, 6) is -1.21. The van der Waals surface area contributed by atoms with Crippen LogP contribution in [0.1, 0.15) is 21.7 Å². The van der Waals surface area contributed by atoms with E-state index in [9.17, 15) is 18.0 Å². The normalized spacial score (nSPS) is 15.5. The third kappa shape index (κ3) is 1.46. The van der Waals surface area contributed by atoms with Crippen molar-refractivity contribution in [3.8, 4) is 0 Å². The Morgan fingerprint density at radius 1 is 1.38 bits per heavy atom. The van der Waals surface area contributed by atoms with Gasteiger partial charge in [0.25, 0.3) is 5.91 Å². The number of nitrogens with zero attached hydrogens (tertiary/aromatic N) is 3. The molecule has 8 heteroatoms. The van der Waals surface area contributed by atoms with Crippen LogP contribution >= 0.6 is 0 Å². The van der Waals surface area contributed by atoms with Crippen LogP contribution < -0.4 is 5.73 Å². The Hall–Kier alpha value is -1.86. The van der Waals surface area contributed by atoms with Gasteiger partial charge in [0.05, 0.1) is 17.8 Å². The molecule has 1 aliphatic rings. The van der Waals surface area contributed by atoms with Gasteiger partial charge in [-0.15, -0.1) is 0 Å². The van der Waals surface area contributed by atoms with Crippen molar-refractivity contribution in [1.82, 2.24) is 14.9 Å². The Balaban J connectivity index is 2.69. The molecule has 1 amide bonds. The first kappa shape index (κ1) is 10.7. The highest BCUT2D eigenvalue weighted by atomic mass is 19.4. The van der Waals surface area contributed by atoms with Gasteiger partial charge in [0.2, 0.25) is 5.95 Å². The van der Waals surface area contributed by atoms with Gasteiger partial charge in [-0.2, -0.15) is 13.2 Å². The summed E-state index contributed by atoms with van der Waals surface area (Å²) in [7, 11) is 1.39. The zero-order valence-electron chi connectivity index (χ0n) is 8.17. The van der Waals surface area contributed by atoms with Gasteiger partial charge in [-0.05, 0) is 0 Å². The van der Waals surface area contributed by atoms with Crippen LogP contribution in [0.5, 0.6) is 0 Å². The number of carbonyl (C=O) groups excluding carboxylic acids is 1. The van der Waals surface area contributed by atoms with E-state index in [0.717, 1.165) is 4.90 Å². The lowest BCUT2D eigenvalue weighted by Gasteiger charge is -2.09. The molecule has 1 aliphatic heterocycles. The van der Waals surface area contributed by atoms with Crippen LogP contribution in [-0.2, 0) is 12.7 Å². The minimum atomic E-state index is -4.71. The van der Waals surface area contributed by atoms with Crippen molar-refractivity contribution in [2.45, 2.75) is 12.7 Å². The Morgan fingerprint density at radius 3 is 2.56 bits per heavy atom. The second-order valence-corrected chi connectivity index (χ2v) is 3.41. The Labute approximate surface area is 88.1 Å². The van der Waals surface area contributed by atoms with Crippen molar-refractivity contribution in [1.29, 1.82) is 0 Å². The molecule has 0 spiro atoms. The number of alkyl halides is 3. The molecule has 16 heavy (non-hydrogen) atoms. The molecular weight excluding hydrogens is 225 g/mol. The maximum atomic E-state index is 12.6. The van der Waals surface area contributed by atoms with Crippen LogP contribution in [0, 0.1) is 0 Å². The van der Waals surface area contributed by atoms with Gasteiger partial charge in [-0.25, -0.2) is 9.97 Å². The average molecular weight is 232 g/mol. The summed E-state index contributed by atoms with van der Waals surface area (Å²) in [6, 6.07) is 0. The average Bonchev–Trinajstić information content (AvgIpc) is 2.39. The number of carbonyl (C=O) groups is 1. The van der Waals surface area contributed by atoms with E-state index in [2.05, 4.69) is 9.97 Å². The van der Waals surface area contributed by atoms with Crippen LogP contribution in [0.15, 0.2) is 0 Å². The van der Waals surface area contributed by atoms with Crippen molar-refractivity contribution in [2.24, 2.45) is 0 Å². The predicted octanol–water partition coefficient (Wildman–Crippen LogP) is 0.663. The number of rotatable bonds is 0. The molecule has 2 N–H and O–H groups in total. The third-order valence-corrected chi connectivity index (χ3v) is 2.22. The first-order valence-corrected chi connectivity index (χ1v) is 4.29. The number of fused-ring (bicyclic) bond motifs is 1. The Kier molecular flexibility index (Phi) is 2.04.